The predicted octanol–water partition coefficient (Wildman–Crippen LogP) is 4.24. The van der Waals surface area contributed by atoms with Gasteiger partial charge in [0.2, 0.25) is 0 Å². The van der Waals surface area contributed by atoms with E-state index in [0.717, 1.165) is 33.4 Å². The van der Waals surface area contributed by atoms with Gasteiger partial charge in [-0.15, -0.1) is 6.58 Å². The third-order valence-electron chi connectivity index (χ3n) is 2.88. The van der Waals surface area contributed by atoms with Crippen LogP contribution in [0, 0.1) is 0 Å². The van der Waals surface area contributed by atoms with Crippen molar-refractivity contribution in [2.45, 2.75) is 6.54 Å². The minimum atomic E-state index is 0.726. The van der Waals surface area contributed by atoms with Crippen LogP contribution in [-0.2, 0) is 6.54 Å². The van der Waals surface area contributed by atoms with Gasteiger partial charge >= 0.3 is 0 Å². The Bertz CT molecular complexity index is 711. The number of rotatable bonds is 3. The van der Waals surface area contributed by atoms with Crippen molar-refractivity contribution in [2.24, 2.45) is 0 Å². The van der Waals surface area contributed by atoms with E-state index in [-0.39, 0.29) is 0 Å². The fourth-order valence-corrected chi connectivity index (χ4v) is 2.52. The molecule has 0 spiro atoms. The van der Waals surface area contributed by atoms with Gasteiger partial charge < -0.3 is 8.98 Å². The normalized spacial score (nSPS) is 10.9. The largest absolute Gasteiger partial charge is 0.442 e. The Kier molecular flexibility index (Phi) is 2.80. The minimum Gasteiger partial charge on any atom is -0.442 e. The van der Waals surface area contributed by atoms with Crippen LogP contribution in [0.4, 0.5) is 0 Å². The number of fused-ring (bicyclic) bond motifs is 1. The quantitative estimate of drug-likeness (QED) is 0.677. The fourth-order valence-electron chi connectivity index (χ4n) is 2.13. The lowest BCUT2D eigenvalue weighted by molar-refractivity contribution is 0.572. The second-order valence-corrected chi connectivity index (χ2v) is 4.72. The van der Waals surface area contributed by atoms with Gasteiger partial charge in [0.25, 0.3) is 0 Å². The third kappa shape index (κ3) is 1.69. The fraction of sp³-hybridized carbons (Fsp3) is 0.0714. The van der Waals surface area contributed by atoms with E-state index in [9.17, 15) is 0 Å². The molecule has 2 aromatic heterocycles. The van der Waals surface area contributed by atoms with Crippen molar-refractivity contribution >= 4 is 26.8 Å². The van der Waals surface area contributed by atoms with Crippen molar-refractivity contribution in [1.29, 1.82) is 0 Å². The summed E-state index contributed by atoms with van der Waals surface area (Å²) in [5.74, 6) is 0.758. The molecule has 0 amide bonds. The zero-order chi connectivity index (χ0) is 12.5. The summed E-state index contributed by atoms with van der Waals surface area (Å²) in [4.78, 5) is 4.08. The summed E-state index contributed by atoms with van der Waals surface area (Å²) < 4.78 is 8.32. The van der Waals surface area contributed by atoms with Gasteiger partial charge in [-0.05, 0) is 22.0 Å². The molecule has 0 atom stereocenters. The van der Waals surface area contributed by atoms with Crippen LogP contribution in [0.25, 0.3) is 22.2 Å². The monoisotopic (exact) mass is 302 g/mol. The lowest BCUT2D eigenvalue weighted by atomic mass is 10.1. The van der Waals surface area contributed by atoms with E-state index in [1.54, 1.807) is 0 Å². The van der Waals surface area contributed by atoms with Crippen molar-refractivity contribution in [3.63, 3.8) is 0 Å². The highest BCUT2D eigenvalue weighted by Crippen LogP contribution is 2.34. The summed E-state index contributed by atoms with van der Waals surface area (Å²) in [6, 6.07) is 8.22. The maximum absolute atomic E-state index is 5.45. The average Bonchev–Trinajstić information content (AvgIpc) is 2.95. The zero-order valence-corrected chi connectivity index (χ0v) is 11.2. The Morgan fingerprint density at radius 3 is 2.94 bits per heavy atom. The second-order valence-electron chi connectivity index (χ2n) is 3.97. The molecule has 0 N–H and O–H groups in total. The number of oxazole rings is 1. The number of halogens is 1. The molecule has 0 saturated heterocycles. The molecule has 3 aromatic rings. The maximum Gasteiger partial charge on any atom is 0.182 e. The summed E-state index contributed by atoms with van der Waals surface area (Å²) in [5.41, 5.74) is 2.20. The number of hydrogen-bond donors (Lipinski definition) is 0. The number of para-hydroxylation sites is 1. The van der Waals surface area contributed by atoms with Gasteiger partial charge in [-0.2, -0.15) is 0 Å². The van der Waals surface area contributed by atoms with Gasteiger partial charge in [-0.3, -0.25) is 0 Å². The van der Waals surface area contributed by atoms with E-state index in [2.05, 4.69) is 50.4 Å². The van der Waals surface area contributed by atoms with Gasteiger partial charge in [0.15, 0.2) is 16.8 Å². The third-order valence-corrected chi connectivity index (χ3v) is 3.45. The molecule has 18 heavy (non-hydrogen) atoms. The van der Waals surface area contributed by atoms with Crippen molar-refractivity contribution in [2.75, 3.05) is 0 Å². The lowest BCUT2D eigenvalue weighted by Crippen LogP contribution is -1.90. The van der Waals surface area contributed by atoms with Crippen LogP contribution in [0.15, 0.2) is 58.5 Å². The minimum absolute atomic E-state index is 0.726. The Morgan fingerprint density at radius 2 is 2.22 bits per heavy atom. The highest BCUT2D eigenvalue weighted by atomic mass is 79.9. The standard InChI is InChI=1S/C14H11BrN2O/c1-2-7-17-8-11(13-14(15)16-9-18-13)10-5-3-4-6-12(10)17/h2-6,8-9H,1,7H2. The van der Waals surface area contributed by atoms with Gasteiger partial charge in [-0.1, -0.05) is 24.3 Å². The van der Waals surface area contributed by atoms with Crippen molar-refractivity contribution in [3.05, 3.63) is 54.1 Å². The number of aromatic nitrogens is 2. The van der Waals surface area contributed by atoms with Crippen molar-refractivity contribution < 1.29 is 4.42 Å². The molecule has 1 aromatic carbocycles. The Hall–Kier alpha value is -1.81. The molecule has 0 saturated carbocycles. The van der Waals surface area contributed by atoms with Gasteiger partial charge in [-0.25, -0.2) is 4.98 Å². The van der Waals surface area contributed by atoms with Gasteiger partial charge in [0.1, 0.15) is 0 Å². The SMILES string of the molecule is C=CCn1cc(-c2ocnc2Br)c2ccccc21. The van der Waals surface area contributed by atoms with Crippen LogP contribution in [-0.4, -0.2) is 9.55 Å². The van der Waals surface area contributed by atoms with E-state index < -0.39 is 0 Å². The summed E-state index contributed by atoms with van der Waals surface area (Å²) >= 11 is 3.40. The molecule has 4 heteroatoms. The molecular formula is C14H11BrN2O. The van der Waals surface area contributed by atoms with E-state index in [0.29, 0.717) is 0 Å². The van der Waals surface area contributed by atoms with E-state index in [1.165, 1.54) is 6.39 Å². The number of allylic oxidation sites excluding steroid dienone is 1. The summed E-state index contributed by atoms with van der Waals surface area (Å²) in [5, 5.41) is 1.15. The highest BCUT2D eigenvalue weighted by Gasteiger charge is 2.15. The van der Waals surface area contributed by atoms with Crippen LogP contribution in [0.2, 0.25) is 0 Å². The topological polar surface area (TPSA) is 31.0 Å². The summed E-state index contributed by atoms with van der Waals surface area (Å²) in [6.07, 6.45) is 5.39. The van der Waals surface area contributed by atoms with Crippen LogP contribution in [0.3, 0.4) is 0 Å². The summed E-state index contributed by atoms with van der Waals surface area (Å²) in [6.45, 7) is 4.56. The molecule has 0 aliphatic rings. The second kappa shape index (κ2) is 4.46. The lowest BCUT2D eigenvalue weighted by Gasteiger charge is -1.98. The number of nitrogens with zero attached hydrogens (tertiary/aromatic N) is 2. The summed E-state index contributed by atoms with van der Waals surface area (Å²) in [7, 11) is 0. The van der Waals surface area contributed by atoms with E-state index >= 15 is 0 Å². The molecule has 3 rings (SSSR count). The average molecular weight is 303 g/mol. The van der Waals surface area contributed by atoms with E-state index in [4.69, 9.17) is 4.42 Å². The van der Waals surface area contributed by atoms with Crippen LogP contribution < -0.4 is 0 Å². The van der Waals surface area contributed by atoms with Crippen molar-refractivity contribution in [1.82, 2.24) is 9.55 Å². The molecule has 2 heterocycles. The maximum atomic E-state index is 5.45. The number of benzene rings is 1. The number of hydrogen-bond acceptors (Lipinski definition) is 2. The first-order chi connectivity index (χ1) is 8.81. The molecule has 0 bridgehead atoms. The molecule has 90 valence electrons. The van der Waals surface area contributed by atoms with Gasteiger partial charge in [0, 0.05) is 29.2 Å². The zero-order valence-electron chi connectivity index (χ0n) is 9.64. The first-order valence-electron chi connectivity index (χ1n) is 5.59. The molecule has 0 radical (unpaired) electrons. The molecule has 0 aliphatic carbocycles. The Labute approximate surface area is 113 Å². The Morgan fingerprint density at radius 1 is 1.39 bits per heavy atom. The van der Waals surface area contributed by atoms with Crippen LogP contribution in [0.5, 0.6) is 0 Å². The van der Waals surface area contributed by atoms with Crippen LogP contribution >= 0.6 is 15.9 Å². The Balaban J connectivity index is 2.30. The van der Waals surface area contributed by atoms with E-state index in [1.807, 2.05) is 18.2 Å². The molecule has 3 nitrogen and oxygen atoms in total. The first kappa shape index (κ1) is 11.3. The molecular weight excluding hydrogens is 292 g/mol. The molecule has 0 fully saturated rings. The van der Waals surface area contributed by atoms with Crippen molar-refractivity contribution in [3.8, 4) is 11.3 Å². The smallest absolute Gasteiger partial charge is 0.182 e. The highest BCUT2D eigenvalue weighted by molar-refractivity contribution is 9.10. The van der Waals surface area contributed by atoms with Crippen LogP contribution in [0.1, 0.15) is 0 Å². The first-order valence-corrected chi connectivity index (χ1v) is 6.38. The molecule has 0 aliphatic heterocycles. The predicted molar refractivity (Wildman–Crippen MR) is 75.3 cm³/mol. The molecule has 0 unspecified atom stereocenters. The van der Waals surface area contributed by atoms with Gasteiger partial charge in [0.05, 0.1) is 0 Å².